The molecule has 1 aliphatic heterocycles. The fourth-order valence-electron chi connectivity index (χ4n) is 2.93. The van der Waals surface area contributed by atoms with Crippen LogP contribution < -0.4 is 5.32 Å². The predicted molar refractivity (Wildman–Crippen MR) is 69.6 cm³/mol. The van der Waals surface area contributed by atoms with Crippen LogP contribution in [0, 0.1) is 0 Å². The quantitative estimate of drug-likeness (QED) is 0.830. The Morgan fingerprint density at radius 2 is 1.72 bits per heavy atom. The Hall–Kier alpha value is -0.620. The number of hydrogen-bond donors (Lipinski definition) is 1. The van der Waals surface area contributed by atoms with Crippen LogP contribution in [0.25, 0.3) is 0 Å². The van der Waals surface area contributed by atoms with Gasteiger partial charge < -0.3 is 5.32 Å². The second kappa shape index (κ2) is 5.57. The summed E-state index contributed by atoms with van der Waals surface area (Å²) in [6.07, 6.45) is 7.97. The molecule has 2 aliphatic rings. The maximum Gasteiger partial charge on any atom is 0.238 e. The summed E-state index contributed by atoms with van der Waals surface area (Å²) in [7, 11) is -3.28. The molecule has 0 aromatic rings. The number of rotatable bonds is 3. The van der Waals surface area contributed by atoms with Crippen molar-refractivity contribution in [2.24, 2.45) is 0 Å². The molecule has 2 fully saturated rings. The fraction of sp³-hybridized carbons (Fsp3) is 0.917. The zero-order chi connectivity index (χ0) is 13.2. The molecule has 1 N–H and O–H groups in total. The molecule has 1 saturated carbocycles. The van der Waals surface area contributed by atoms with E-state index in [1.165, 1.54) is 10.6 Å². The number of piperidine rings is 1. The van der Waals surface area contributed by atoms with Crippen LogP contribution >= 0.6 is 0 Å². The molecule has 18 heavy (non-hydrogen) atoms. The molecular formula is C12H22N2O3S. The van der Waals surface area contributed by atoms with E-state index in [2.05, 4.69) is 5.32 Å². The standard InChI is InChI=1S/C12H22N2O3S/c1-18(16,17)14-9-5-4-8-11(14)12(15)13-10-6-2-3-7-10/h10-11H,2-9H2,1H3,(H,13,15)/t11-/m1/s1. The van der Waals surface area contributed by atoms with E-state index in [1.807, 2.05) is 0 Å². The summed E-state index contributed by atoms with van der Waals surface area (Å²) in [6, 6.07) is -0.241. The van der Waals surface area contributed by atoms with E-state index >= 15 is 0 Å². The second-order valence-corrected chi connectivity index (χ2v) is 7.31. The first kappa shape index (κ1) is 13.8. The third-order valence-corrected chi connectivity index (χ3v) is 5.17. The molecule has 104 valence electrons. The van der Waals surface area contributed by atoms with Crippen LogP contribution in [0.15, 0.2) is 0 Å². The molecule has 1 amide bonds. The smallest absolute Gasteiger partial charge is 0.238 e. The SMILES string of the molecule is CS(=O)(=O)N1CCCC[C@@H]1C(=O)NC1CCCC1. The van der Waals surface area contributed by atoms with Crippen LogP contribution in [0.5, 0.6) is 0 Å². The summed E-state index contributed by atoms with van der Waals surface area (Å²) >= 11 is 0. The molecule has 0 aromatic carbocycles. The number of amides is 1. The summed E-state index contributed by atoms with van der Waals surface area (Å²) in [5.41, 5.74) is 0. The van der Waals surface area contributed by atoms with Gasteiger partial charge in [-0.25, -0.2) is 8.42 Å². The highest BCUT2D eigenvalue weighted by Crippen LogP contribution is 2.22. The first-order chi connectivity index (χ1) is 8.48. The van der Waals surface area contributed by atoms with Crippen molar-refractivity contribution in [3.63, 3.8) is 0 Å². The lowest BCUT2D eigenvalue weighted by Crippen LogP contribution is -2.53. The van der Waals surface area contributed by atoms with E-state index in [1.54, 1.807) is 0 Å². The van der Waals surface area contributed by atoms with Gasteiger partial charge in [0.1, 0.15) is 6.04 Å². The molecule has 1 atom stereocenters. The van der Waals surface area contributed by atoms with Crippen LogP contribution in [-0.4, -0.2) is 43.5 Å². The van der Waals surface area contributed by atoms with Gasteiger partial charge >= 0.3 is 0 Å². The van der Waals surface area contributed by atoms with Gasteiger partial charge in [-0.1, -0.05) is 19.3 Å². The largest absolute Gasteiger partial charge is 0.352 e. The van der Waals surface area contributed by atoms with Gasteiger partial charge in [0, 0.05) is 12.6 Å². The van der Waals surface area contributed by atoms with Gasteiger partial charge in [0.25, 0.3) is 0 Å². The van der Waals surface area contributed by atoms with Crippen molar-refractivity contribution in [3.05, 3.63) is 0 Å². The van der Waals surface area contributed by atoms with E-state index in [0.717, 1.165) is 38.5 Å². The molecule has 1 aliphatic carbocycles. The molecule has 0 aromatic heterocycles. The second-order valence-electron chi connectivity index (χ2n) is 5.38. The van der Waals surface area contributed by atoms with Crippen LogP contribution in [0.1, 0.15) is 44.9 Å². The first-order valence-corrected chi connectivity index (χ1v) is 8.60. The van der Waals surface area contributed by atoms with Crippen molar-refractivity contribution < 1.29 is 13.2 Å². The van der Waals surface area contributed by atoms with E-state index < -0.39 is 16.1 Å². The number of carbonyl (C=O) groups is 1. The monoisotopic (exact) mass is 274 g/mol. The molecule has 6 heteroatoms. The first-order valence-electron chi connectivity index (χ1n) is 6.75. The highest BCUT2D eigenvalue weighted by atomic mass is 32.2. The van der Waals surface area contributed by atoms with E-state index in [4.69, 9.17) is 0 Å². The third-order valence-electron chi connectivity index (χ3n) is 3.88. The van der Waals surface area contributed by atoms with Crippen molar-refractivity contribution in [3.8, 4) is 0 Å². The number of nitrogens with one attached hydrogen (secondary N) is 1. The van der Waals surface area contributed by atoms with Gasteiger partial charge in [-0.3, -0.25) is 4.79 Å². The Morgan fingerprint density at radius 3 is 2.33 bits per heavy atom. The van der Waals surface area contributed by atoms with Gasteiger partial charge in [-0.2, -0.15) is 4.31 Å². The Labute approximate surface area is 109 Å². The molecular weight excluding hydrogens is 252 g/mol. The summed E-state index contributed by atoms with van der Waals surface area (Å²) in [6.45, 7) is 0.474. The van der Waals surface area contributed by atoms with E-state index in [0.29, 0.717) is 13.0 Å². The van der Waals surface area contributed by atoms with Crippen LogP contribution in [0.3, 0.4) is 0 Å². The van der Waals surface area contributed by atoms with Crippen molar-refractivity contribution in [2.45, 2.75) is 57.0 Å². The molecule has 5 nitrogen and oxygen atoms in total. The number of carbonyl (C=O) groups excluding carboxylic acids is 1. The topological polar surface area (TPSA) is 66.5 Å². The highest BCUT2D eigenvalue weighted by molar-refractivity contribution is 7.88. The molecule has 0 spiro atoms. The van der Waals surface area contributed by atoms with Gasteiger partial charge in [-0.05, 0) is 25.7 Å². The van der Waals surface area contributed by atoms with Crippen molar-refractivity contribution in [1.29, 1.82) is 0 Å². The van der Waals surface area contributed by atoms with Gasteiger partial charge in [0.15, 0.2) is 0 Å². The van der Waals surface area contributed by atoms with Crippen molar-refractivity contribution in [2.75, 3.05) is 12.8 Å². The molecule has 0 radical (unpaired) electrons. The Balaban J connectivity index is 2.01. The molecule has 0 unspecified atom stereocenters. The molecule has 0 bridgehead atoms. The number of hydrogen-bond acceptors (Lipinski definition) is 3. The molecule has 2 rings (SSSR count). The highest BCUT2D eigenvalue weighted by Gasteiger charge is 2.35. The predicted octanol–water partition coefficient (Wildman–Crippen LogP) is 0.859. The Kier molecular flexibility index (Phi) is 4.27. The average molecular weight is 274 g/mol. The van der Waals surface area contributed by atoms with E-state index in [-0.39, 0.29) is 11.9 Å². The molecule has 1 heterocycles. The minimum absolute atomic E-state index is 0.105. The Bertz CT molecular complexity index is 402. The lowest BCUT2D eigenvalue weighted by atomic mass is 10.0. The van der Waals surface area contributed by atoms with Gasteiger partial charge in [0.05, 0.1) is 6.26 Å². The zero-order valence-electron chi connectivity index (χ0n) is 10.9. The number of nitrogens with zero attached hydrogens (tertiary/aromatic N) is 1. The van der Waals surface area contributed by atoms with Crippen molar-refractivity contribution >= 4 is 15.9 Å². The molecule has 1 saturated heterocycles. The van der Waals surface area contributed by atoms with Gasteiger partial charge in [-0.15, -0.1) is 0 Å². The normalized spacial score (nSPS) is 27.3. The zero-order valence-corrected chi connectivity index (χ0v) is 11.7. The summed E-state index contributed by atoms with van der Waals surface area (Å²) in [5.74, 6) is -0.105. The summed E-state index contributed by atoms with van der Waals surface area (Å²) in [4.78, 5) is 12.2. The minimum atomic E-state index is -3.28. The van der Waals surface area contributed by atoms with E-state index in [9.17, 15) is 13.2 Å². The summed E-state index contributed by atoms with van der Waals surface area (Å²) in [5, 5.41) is 3.01. The lowest BCUT2D eigenvalue weighted by Gasteiger charge is -2.33. The average Bonchev–Trinajstić information content (AvgIpc) is 2.80. The summed E-state index contributed by atoms with van der Waals surface area (Å²) < 4.78 is 24.7. The Morgan fingerprint density at radius 1 is 1.11 bits per heavy atom. The van der Waals surface area contributed by atoms with Crippen molar-refractivity contribution in [1.82, 2.24) is 9.62 Å². The minimum Gasteiger partial charge on any atom is -0.352 e. The lowest BCUT2D eigenvalue weighted by molar-refractivity contribution is -0.126. The van der Waals surface area contributed by atoms with Gasteiger partial charge in [0.2, 0.25) is 15.9 Å². The fourth-order valence-corrected chi connectivity index (χ4v) is 4.06. The third kappa shape index (κ3) is 3.23. The van der Waals surface area contributed by atoms with Crippen LogP contribution in [0.2, 0.25) is 0 Å². The maximum atomic E-state index is 12.2. The number of sulfonamides is 1. The van der Waals surface area contributed by atoms with Crippen LogP contribution in [-0.2, 0) is 14.8 Å². The van der Waals surface area contributed by atoms with Crippen LogP contribution in [0.4, 0.5) is 0 Å². The maximum absolute atomic E-state index is 12.2.